The van der Waals surface area contributed by atoms with Gasteiger partial charge in [-0.1, -0.05) is 6.42 Å². The summed E-state index contributed by atoms with van der Waals surface area (Å²) < 4.78 is 0. The van der Waals surface area contributed by atoms with Gasteiger partial charge in [0.15, 0.2) is 5.96 Å². The first-order chi connectivity index (χ1) is 13.1. The van der Waals surface area contributed by atoms with Crippen molar-refractivity contribution in [2.75, 3.05) is 52.9 Å². The third-order valence-corrected chi connectivity index (χ3v) is 5.93. The Hall–Kier alpha value is -0.610. The molecule has 2 fully saturated rings. The van der Waals surface area contributed by atoms with Crippen molar-refractivity contribution in [3.8, 4) is 0 Å². The number of piperidine rings is 2. The Morgan fingerprint density at radius 2 is 1.79 bits per heavy atom. The van der Waals surface area contributed by atoms with Gasteiger partial charge in [-0.05, 0) is 65.1 Å². The van der Waals surface area contributed by atoms with Crippen LogP contribution in [-0.4, -0.2) is 80.6 Å². The molecule has 2 unspecified atom stereocenters. The predicted molar refractivity (Wildman–Crippen MR) is 127 cm³/mol. The number of halogens is 1. The van der Waals surface area contributed by atoms with Gasteiger partial charge in [-0.25, -0.2) is 0 Å². The molecule has 0 aromatic heterocycles. The van der Waals surface area contributed by atoms with Crippen LogP contribution in [0.2, 0.25) is 0 Å². The Morgan fingerprint density at radius 1 is 1.07 bits per heavy atom. The maximum atomic E-state index is 11.4. The van der Waals surface area contributed by atoms with Crippen LogP contribution in [0.5, 0.6) is 0 Å². The van der Waals surface area contributed by atoms with Gasteiger partial charge in [-0.15, -0.1) is 24.0 Å². The molecule has 2 heterocycles. The molecule has 1 amide bonds. The van der Waals surface area contributed by atoms with Crippen LogP contribution in [0.4, 0.5) is 0 Å². The Labute approximate surface area is 188 Å². The van der Waals surface area contributed by atoms with E-state index in [1.807, 2.05) is 7.05 Å². The van der Waals surface area contributed by atoms with E-state index in [9.17, 15) is 4.79 Å². The normalized spacial score (nSPS) is 24.4. The van der Waals surface area contributed by atoms with Gasteiger partial charge in [0, 0.05) is 39.3 Å². The molecule has 164 valence electrons. The molecule has 2 aliphatic rings. The lowest BCUT2D eigenvalue weighted by Crippen LogP contribution is -2.43. The summed E-state index contributed by atoms with van der Waals surface area (Å²) in [5.41, 5.74) is 5.45. The lowest BCUT2D eigenvalue weighted by atomic mass is 9.97. The Morgan fingerprint density at radius 3 is 2.43 bits per heavy atom. The minimum Gasteiger partial charge on any atom is -0.369 e. The van der Waals surface area contributed by atoms with E-state index in [2.05, 4.69) is 32.3 Å². The van der Waals surface area contributed by atoms with Crippen LogP contribution in [0, 0.1) is 5.92 Å². The first-order valence-electron chi connectivity index (χ1n) is 10.8. The van der Waals surface area contributed by atoms with Crippen LogP contribution in [0.15, 0.2) is 4.99 Å². The van der Waals surface area contributed by atoms with Crippen LogP contribution in [0.3, 0.4) is 0 Å². The van der Waals surface area contributed by atoms with Crippen molar-refractivity contribution in [3.05, 3.63) is 0 Å². The molecular formula is C20H41IN6O. The molecule has 0 radical (unpaired) electrons. The summed E-state index contributed by atoms with van der Waals surface area (Å²) in [6.07, 6.45) is 8.26. The lowest BCUT2D eigenvalue weighted by molar-refractivity contribution is -0.123. The minimum absolute atomic E-state index is 0. The van der Waals surface area contributed by atoms with Crippen LogP contribution < -0.4 is 16.4 Å². The van der Waals surface area contributed by atoms with Crippen molar-refractivity contribution in [3.63, 3.8) is 0 Å². The highest BCUT2D eigenvalue weighted by atomic mass is 127. The standard InChI is InChI=1S/C20H40N6O.HI/c1-17-8-3-4-14-26(17)15-7-11-24-20(22-2)23-10-6-13-25-12-5-9-18(16-25)19(21)27;/h17-18H,3-16H2,1-2H3,(H2,21,27)(H2,22,23,24);1H. The number of carbonyl (C=O) groups is 1. The molecule has 8 heteroatoms. The number of likely N-dealkylation sites (tertiary alicyclic amines) is 2. The maximum absolute atomic E-state index is 11.4. The van der Waals surface area contributed by atoms with Gasteiger partial charge in [0.05, 0.1) is 5.92 Å². The zero-order chi connectivity index (χ0) is 19.5. The Balaban J connectivity index is 0.00000392. The van der Waals surface area contributed by atoms with Crippen molar-refractivity contribution in [2.45, 2.75) is 57.9 Å². The largest absolute Gasteiger partial charge is 0.369 e. The van der Waals surface area contributed by atoms with E-state index >= 15 is 0 Å². The summed E-state index contributed by atoms with van der Waals surface area (Å²) in [7, 11) is 1.82. The van der Waals surface area contributed by atoms with Crippen molar-refractivity contribution < 1.29 is 4.79 Å². The number of aliphatic imine (C=N–C) groups is 1. The summed E-state index contributed by atoms with van der Waals surface area (Å²) in [6.45, 7) is 9.50. The topological polar surface area (TPSA) is 86.0 Å². The van der Waals surface area contributed by atoms with E-state index < -0.39 is 0 Å². The molecule has 0 aliphatic carbocycles. The second-order valence-corrected chi connectivity index (χ2v) is 8.06. The third kappa shape index (κ3) is 9.26. The molecule has 4 N–H and O–H groups in total. The number of nitrogens with one attached hydrogen (secondary N) is 2. The van der Waals surface area contributed by atoms with Crippen LogP contribution in [-0.2, 0) is 4.79 Å². The molecule has 7 nitrogen and oxygen atoms in total. The minimum atomic E-state index is -0.152. The molecule has 0 bridgehead atoms. The summed E-state index contributed by atoms with van der Waals surface area (Å²) in [5.74, 6) is 0.764. The molecule has 0 aromatic rings. The van der Waals surface area contributed by atoms with E-state index in [4.69, 9.17) is 5.73 Å². The van der Waals surface area contributed by atoms with Crippen molar-refractivity contribution in [2.24, 2.45) is 16.6 Å². The molecule has 2 saturated heterocycles. The maximum Gasteiger partial charge on any atom is 0.221 e. The van der Waals surface area contributed by atoms with E-state index in [1.165, 1.54) is 32.4 Å². The van der Waals surface area contributed by atoms with Gasteiger partial charge in [0.25, 0.3) is 0 Å². The summed E-state index contributed by atoms with van der Waals surface area (Å²) in [5, 5.41) is 6.82. The highest BCUT2D eigenvalue weighted by molar-refractivity contribution is 14.0. The predicted octanol–water partition coefficient (Wildman–Crippen LogP) is 1.62. The number of amides is 1. The SMILES string of the molecule is CN=C(NCCCN1CCCC(C(N)=O)C1)NCCCN1CCCCC1C.I. The second kappa shape index (κ2) is 14.4. The smallest absolute Gasteiger partial charge is 0.221 e. The number of nitrogens with two attached hydrogens (primary N) is 1. The first kappa shape index (κ1) is 25.4. The number of hydrogen-bond donors (Lipinski definition) is 3. The third-order valence-electron chi connectivity index (χ3n) is 5.93. The number of hydrogen-bond acceptors (Lipinski definition) is 4. The summed E-state index contributed by atoms with van der Waals surface area (Å²) in [6, 6.07) is 0.736. The monoisotopic (exact) mass is 508 g/mol. The summed E-state index contributed by atoms with van der Waals surface area (Å²) in [4.78, 5) is 20.6. The average Bonchev–Trinajstić information content (AvgIpc) is 2.68. The van der Waals surface area contributed by atoms with Gasteiger partial charge in [0.2, 0.25) is 5.91 Å². The van der Waals surface area contributed by atoms with Gasteiger partial charge in [-0.2, -0.15) is 0 Å². The average molecular weight is 508 g/mol. The number of nitrogens with zero attached hydrogens (tertiary/aromatic N) is 3. The first-order valence-corrected chi connectivity index (χ1v) is 10.8. The second-order valence-electron chi connectivity index (χ2n) is 8.06. The fraction of sp³-hybridized carbons (Fsp3) is 0.900. The van der Waals surface area contributed by atoms with Crippen molar-refractivity contribution in [1.29, 1.82) is 0 Å². The highest BCUT2D eigenvalue weighted by Crippen LogP contribution is 2.16. The molecule has 0 aromatic carbocycles. The zero-order valence-electron chi connectivity index (χ0n) is 17.8. The number of rotatable bonds is 9. The Bertz CT molecular complexity index is 476. The van der Waals surface area contributed by atoms with Crippen molar-refractivity contribution in [1.82, 2.24) is 20.4 Å². The molecule has 0 spiro atoms. The van der Waals surface area contributed by atoms with Crippen molar-refractivity contribution >= 4 is 35.8 Å². The highest BCUT2D eigenvalue weighted by Gasteiger charge is 2.23. The van der Waals surface area contributed by atoms with E-state index in [0.717, 1.165) is 70.4 Å². The molecule has 2 atom stereocenters. The molecule has 28 heavy (non-hydrogen) atoms. The zero-order valence-corrected chi connectivity index (χ0v) is 20.1. The van der Waals surface area contributed by atoms with E-state index in [1.54, 1.807) is 0 Å². The Kier molecular flexibility index (Phi) is 13.1. The van der Waals surface area contributed by atoms with E-state index in [-0.39, 0.29) is 35.8 Å². The number of carbonyl (C=O) groups excluding carboxylic acids is 1. The lowest BCUT2D eigenvalue weighted by Gasteiger charge is -2.33. The van der Waals surface area contributed by atoms with Crippen LogP contribution in [0.25, 0.3) is 0 Å². The van der Waals surface area contributed by atoms with Gasteiger partial charge >= 0.3 is 0 Å². The molecule has 0 saturated carbocycles. The molecule has 2 rings (SSSR count). The van der Waals surface area contributed by atoms with Gasteiger partial charge < -0.3 is 26.2 Å². The van der Waals surface area contributed by atoms with Gasteiger partial charge in [-0.3, -0.25) is 9.79 Å². The number of primary amides is 1. The fourth-order valence-electron chi connectivity index (χ4n) is 4.20. The van der Waals surface area contributed by atoms with E-state index in [0.29, 0.717) is 0 Å². The van der Waals surface area contributed by atoms with Gasteiger partial charge in [0.1, 0.15) is 0 Å². The number of guanidine groups is 1. The fourth-order valence-corrected chi connectivity index (χ4v) is 4.20. The molecule has 2 aliphatic heterocycles. The summed E-state index contributed by atoms with van der Waals surface area (Å²) >= 11 is 0. The van der Waals surface area contributed by atoms with Crippen LogP contribution >= 0.6 is 24.0 Å². The quantitative estimate of drug-likeness (QED) is 0.191. The molecular weight excluding hydrogens is 467 g/mol. The van der Waals surface area contributed by atoms with Crippen LogP contribution in [0.1, 0.15) is 51.9 Å².